The number of ether oxygens (including phenoxy) is 2. The predicted octanol–water partition coefficient (Wildman–Crippen LogP) is 2.02. The van der Waals surface area contributed by atoms with Crippen molar-refractivity contribution in [1.29, 1.82) is 0 Å². The molecule has 1 amide bonds. The summed E-state index contributed by atoms with van der Waals surface area (Å²) in [5, 5.41) is 8.13. The average molecular weight is 381 g/mol. The van der Waals surface area contributed by atoms with Crippen molar-refractivity contribution in [3.05, 3.63) is 65.7 Å². The summed E-state index contributed by atoms with van der Waals surface area (Å²) in [6, 6.07) is 15.7. The van der Waals surface area contributed by atoms with Crippen LogP contribution in [0.5, 0.6) is 0 Å². The molecule has 0 aromatic heterocycles. The SMILES string of the molecule is COC(=O)CC1(C(=O)OC)Nc2ccccc2C(=O)N1/N=C/c1ccccc1. The van der Waals surface area contributed by atoms with Gasteiger partial charge in [0.15, 0.2) is 0 Å². The zero-order valence-corrected chi connectivity index (χ0v) is 15.4. The van der Waals surface area contributed by atoms with E-state index in [1.165, 1.54) is 20.4 Å². The van der Waals surface area contributed by atoms with Gasteiger partial charge in [-0.1, -0.05) is 42.5 Å². The zero-order chi connectivity index (χ0) is 20.1. The molecule has 0 fully saturated rings. The summed E-state index contributed by atoms with van der Waals surface area (Å²) in [4.78, 5) is 38.0. The van der Waals surface area contributed by atoms with Crippen LogP contribution in [-0.2, 0) is 19.1 Å². The Bertz CT molecular complexity index is 928. The third-order valence-electron chi connectivity index (χ3n) is 4.33. The summed E-state index contributed by atoms with van der Waals surface area (Å²) >= 11 is 0. The number of nitrogens with one attached hydrogen (secondary N) is 1. The topological polar surface area (TPSA) is 97.3 Å². The quantitative estimate of drug-likeness (QED) is 0.629. The van der Waals surface area contributed by atoms with Crippen LogP contribution < -0.4 is 5.32 Å². The summed E-state index contributed by atoms with van der Waals surface area (Å²) < 4.78 is 9.64. The van der Waals surface area contributed by atoms with Crippen molar-refractivity contribution in [2.24, 2.45) is 5.10 Å². The molecule has 2 aromatic carbocycles. The summed E-state index contributed by atoms with van der Waals surface area (Å²) in [7, 11) is 2.37. The molecular formula is C20H19N3O5. The molecule has 2 aromatic rings. The summed E-state index contributed by atoms with van der Waals surface area (Å²) in [6.07, 6.45) is 0.949. The molecule has 144 valence electrons. The van der Waals surface area contributed by atoms with E-state index >= 15 is 0 Å². The summed E-state index contributed by atoms with van der Waals surface area (Å²) in [5.41, 5.74) is -0.450. The van der Waals surface area contributed by atoms with Crippen LogP contribution in [0.1, 0.15) is 22.3 Å². The van der Waals surface area contributed by atoms with Crippen molar-refractivity contribution in [3.8, 4) is 0 Å². The van der Waals surface area contributed by atoms with Crippen LogP contribution in [0.2, 0.25) is 0 Å². The molecule has 1 heterocycles. The number of hydrazone groups is 1. The summed E-state index contributed by atoms with van der Waals surface area (Å²) in [6.45, 7) is 0. The number of para-hydroxylation sites is 1. The number of nitrogens with zero attached hydrogens (tertiary/aromatic N) is 2. The lowest BCUT2D eigenvalue weighted by atomic mass is 9.98. The molecule has 1 aliphatic rings. The molecule has 8 nitrogen and oxygen atoms in total. The van der Waals surface area contributed by atoms with Gasteiger partial charge in [-0.25, -0.2) is 4.79 Å². The lowest BCUT2D eigenvalue weighted by Gasteiger charge is -2.42. The Morgan fingerprint density at radius 1 is 1.07 bits per heavy atom. The highest BCUT2D eigenvalue weighted by Gasteiger charge is 2.54. The lowest BCUT2D eigenvalue weighted by Crippen LogP contribution is -2.64. The van der Waals surface area contributed by atoms with Gasteiger partial charge in [-0.05, 0) is 17.7 Å². The van der Waals surface area contributed by atoms with E-state index in [9.17, 15) is 14.4 Å². The predicted molar refractivity (Wildman–Crippen MR) is 102 cm³/mol. The molecule has 0 aliphatic carbocycles. The van der Waals surface area contributed by atoms with Gasteiger partial charge in [0.2, 0.25) is 5.66 Å². The van der Waals surface area contributed by atoms with E-state index in [-0.39, 0.29) is 0 Å². The standard InChI is InChI=1S/C20H19N3O5/c1-27-17(24)12-20(19(26)28-2)22-16-11-7-6-10-15(16)18(25)23(20)21-13-14-8-4-3-5-9-14/h3-11,13,22H,12H2,1-2H3/b21-13+. The molecule has 1 aliphatic heterocycles. The van der Waals surface area contributed by atoms with E-state index in [0.29, 0.717) is 16.8 Å². The Hall–Kier alpha value is -3.68. The first-order valence-electron chi connectivity index (χ1n) is 8.48. The van der Waals surface area contributed by atoms with E-state index in [4.69, 9.17) is 9.47 Å². The maximum absolute atomic E-state index is 13.2. The Balaban J connectivity index is 2.13. The van der Waals surface area contributed by atoms with Gasteiger partial charge in [0, 0.05) is 5.69 Å². The molecule has 8 heteroatoms. The van der Waals surface area contributed by atoms with Gasteiger partial charge in [0.05, 0.1) is 26.0 Å². The fraction of sp³-hybridized carbons (Fsp3) is 0.200. The third-order valence-corrected chi connectivity index (χ3v) is 4.33. The van der Waals surface area contributed by atoms with Gasteiger partial charge in [0.1, 0.15) is 6.42 Å². The summed E-state index contributed by atoms with van der Waals surface area (Å²) in [5.74, 6) is -2.09. The molecule has 3 rings (SSSR count). The van der Waals surface area contributed by atoms with Gasteiger partial charge in [-0.15, -0.1) is 0 Å². The number of esters is 2. The highest BCUT2D eigenvalue weighted by Crippen LogP contribution is 2.35. The Morgan fingerprint density at radius 3 is 2.43 bits per heavy atom. The molecule has 1 unspecified atom stereocenters. The minimum atomic E-state index is -1.88. The van der Waals surface area contributed by atoms with Gasteiger partial charge in [0.25, 0.3) is 5.91 Å². The number of fused-ring (bicyclic) bond motifs is 1. The molecule has 1 atom stereocenters. The van der Waals surface area contributed by atoms with Crippen LogP contribution in [0.25, 0.3) is 0 Å². The minimum Gasteiger partial charge on any atom is -0.469 e. The number of hydrogen-bond acceptors (Lipinski definition) is 7. The zero-order valence-electron chi connectivity index (χ0n) is 15.4. The molecule has 28 heavy (non-hydrogen) atoms. The van der Waals surface area contributed by atoms with Crippen LogP contribution >= 0.6 is 0 Å². The van der Waals surface area contributed by atoms with Gasteiger partial charge >= 0.3 is 11.9 Å². The Kier molecular flexibility index (Phi) is 5.39. The van der Waals surface area contributed by atoms with E-state index in [1.807, 2.05) is 18.2 Å². The van der Waals surface area contributed by atoms with Crippen molar-refractivity contribution in [1.82, 2.24) is 5.01 Å². The Labute approximate surface area is 161 Å². The number of anilines is 1. The van der Waals surface area contributed by atoms with Crippen LogP contribution in [0.3, 0.4) is 0 Å². The van der Waals surface area contributed by atoms with Crippen molar-refractivity contribution in [2.75, 3.05) is 19.5 Å². The number of rotatable bonds is 5. The molecule has 0 spiro atoms. The lowest BCUT2D eigenvalue weighted by molar-refractivity contribution is -0.158. The molecule has 0 saturated heterocycles. The normalized spacial score (nSPS) is 18.4. The van der Waals surface area contributed by atoms with Crippen molar-refractivity contribution < 1.29 is 23.9 Å². The average Bonchev–Trinajstić information content (AvgIpc) is 2.73. The van der Waals surface area contributed by atoms with Gasteiger partial charge in [-0.3, -0.25) is 9.59 Å². The second-order valence-electron chi connectivity index (χ2n) is 6.05. The van der Waals surface area contributed by atoms with Crippen molar-refractivity contribution in [2.45, 2.75) is 12.1 Å². The fourth-order valence-corrected chi connectivity index (χ4v) is 2.93. The van der Waals surface area contributed by atoms with Crippen LogP contribution in [-0.4, -0.2) is 49.0 Å². The number of benzene rings is 2. The number of methoxy groups -OCH3 is 2. The smallest absolute Gasteiger partial charge is 0.355 e. The first-order valence-corrected chi connectivity index (χ1v) is 8.48. The Morgan fingerprint density at radius 2 is 1.75 bits per heavy atom. The van der Waals surface area contributed by atoms with Crippen molar-refractivity contribution in [3.63, 3.8) is 0 Å². The minimum absolute atomic E-state index is 0.317. The van der Waals surface area contributed by atoms with E-state index < -0.39 is 29.9 Å². The largest absolute Gasteiger partial charge is 0.469 e. The van der Waals surface area contributed by atoms with Crippen molar-refractivity contribution >= 4 is 29.7 Å². The monoisotopic (exact) mass is 381 g/mol. The number of amides is 1. The van der Waals surface area contributed by atoms with Gasteiger partial charge < -0.3 is 14.8 Å². The fourth-order valence-electron chi connectivity index (χ4n) is 2.93. The van der Waals surface area contributed by atoms with E-state index in [1.54, 1.807) is 36.4 Å². The number of hydrogen-bond donors (Lipinski definition) is 1. The molecule has 0 saturated carbocycles. The second kappa shape index (κ2) is 7.91. The number of carbonyl (C=O) groups excluding carboxylic acids is 3. The highest BCUT2D eigenvalue weighted by molar-refractivity contribution is 6.07. The first kappa shape index (κ1) is 19.1. The molecule has 0 bridgehead atoms. The second-order valence-corrected chi connectivity index (χ2v) is 6.05. The number of carbonyl (C=O) groups is 3. The molecule has 1 N–H and O–H groups in total. The van der Waals surface area contributed by atoms with Crippen LogP contribution in [0.15, 0.2) is 59.7 Å². The third kappa shape index (κ3) is 3.44. The van der Waals surface area contributed by atoms with E-state index in [2.05, 4.69) is 10.4 Å². The van der Waals surface area contributed by atoms with E-state index in [0.717, 1.165) is 5.01 Å². The van der Waals surface area contributed by atoms with Gasteiger partial charge in [-0.2, -0.15) is 10.1 Å². The maximum atomic E-state index is 13.2. The molecule has 0 radical (unpaired) electrons. The van der Waals surface area contributed by atoms with Crippen LogP contribution in [0.4, 0.5) is 5.69 Å². The van der Waals surface area contributed by atoms with Crippen LogP contribution in [0, 0.1) is 0 Å². The first-order chi connectivity index (χ1) is 13.5. The molecular weight excluding hydrogens is 362 g/mol. The maximum Gasteiger partial charge on any atom is 0.355 e. The highest BCUT2D eigenvalue weighted by atomic mass is 16.5.